The fourth-order valence-corrected chi connectivity index (χ4v) is 3.19. The fraction of sp³-hybridized carbons (Fsp3) is 0.167. The van der Waals surface area contributed by atoms with Gasteiger partial charge in [-0.2, -0.15) is 0 Å². The van der Waals surface area contributed by atoms with E-state index in [1.807, 2.05) is 31.2 Å². The van der Waals surface area contributed by atoms with Crippen molar-refractivity contribution in [2.45, 2.75) is 24.3 Å². The van der Waals surface area contributed by atoms with E-state index in [0.717, 1.165) is 35.0 Å². The predicted octanol–water partition coefficient (Wildman–Crippen LogP) is 3.36. The lowest BCUT2D eigenvalue weighted by molar-refractivity contribution is -0.115. The molecule has 1 atom stereocenters. The monoisotopic (exact) mass is 389 g/mol. The zero-order valence-electron chi connectivity index (χ0n) is 14.6. The van der Waals surface area contributed by atoms with Crippen molar-refractivity contribution in [3.05, 3.63) is 59.7 Å². The molecule has 1 heterocycles. The summed E-state index contributed by atoms with van der Waals surface area (Å²) in [4.78, 5) is 12.3. The molecule has 0 bridgehead atoms. The summed E-state index contributed by atoms with van der Waals surface area (Å²) in [7, 11) is 0. The number of amides is 1. The molecule has 0 spiro atoms. The van der Waals surface area contributed by atoms with E-state index in [-0.39, 0.29) is 0 Å². The van der Waals surface area contributed by atoms with E-state index in [1.165, 1.54) is 10.7 Å². The Morgan fingerprint density at radius 2 is 1.81 bits per heavy atom. The molecule has 0 radical (unpaired) electrons. The van der Waals surface area contributed by atoms with Crippen LogP contribution in [0.15, 0.2) is 47.6 Å². The Morgan fingerprint density at radius 1 is 1.15 bits per heavy atom. The van der Waals surface area contributed by atoms with E-state index in [4.69, 9.17) is 5.84 Å². The van der Waals surface area contributed by atoms with Gasteiger partial charge in [0.1, 0.15) is 17.3 Å². The number of aromatic nitrogens is 3. The van der Waals surface area contributed by atoms with Crippen LogP contribution in [0, 0.1) is 18.6 Å². The zero-order valence-corrected chi connectivity index (χ0v) is 15.4. The number of nitrogens with zero attached hydrogens (tertiary/aromatic N) is 3. The third-order valence-electron chi connectivity index (χ3n) is 3.91. The van der Waals surface area contributed by atoms with E-state index < -0.39 is 28.5 Å². The van der Waals surface area contributed by atoms with Gasteiger partial charge in [-0.05, 0) is 31.5 Å². The van der Waals surface area contributed by atoms with E-state index >= 15 is 0 Å². The number of benzene rings is 2. The summed E-state index contributed by atoms with van der Waals surface area (Å²) >= 11 is 1.04. The van der Waals surface area contributed by atoms with Gasteiger partial charge in [-0.15, -0.1) is 10.2 Å². The number of rotatable bonds is 5. The van der Waals surface area contributed by atoms with Gasteiger partial charge in [0.2, 0.25) is 11.1 Å². The number of thioether (sulfide) groups is 1. The first-order valence-corrected chi connectivity index (χ1v) is 8.94. The van der Waals surface area contributed by atoms with Gasteiger partial charge in [-0.3, -0.25) is 4.79 Å². The van der Waals surface area contributed by atoms with Crippen LogP contribution in [0.4, 0.5) is 14.5 Å². The smallest absolute Gasteiger partial charge is 0.237 e. The number of carbonyl (C=O) groups is 1. The van der Waals surface area contributed by atoms with Crippen LogP contribution in [-0.2, 0) is 4.79 Å². The minimum atomic E-state index is -0.843. The summed E-state index contributed by atoms with van der Waals surface area (Å²) in [6.07, 6.45) is 0. The first-order chi connectivity index (χ1) is 12.9. The Balaban J connectivity index is 1.76. The van der Waals surface area contributed by atoms with Crippen molar-refractivity contribution in [2.75, 3.05) is 11.2 Å². The molecule has 1 aromatic heterocycles. The second-order valence-corrected chi connectivity index (χ2v) is 7.15. The molecule has 27 heavy (non-hydrogen) atoms. The van der Waals surface area contributed by atoms with Gasteiger partial charge < -0.3 is 11.2 Å². The Kier molecular flexibility index (Phi) is 5.41. The lowest BCUT2D eigenvalue weighted by Crippen LogP contribution is -2.24. The molecule has 0 fully saturated rings. The third kappa shape index (κ3) is 3.92. The number of hydrogen-bond donors (Lipinski definition) is 2. The molecule has 3 rings (SSSR count). The molecule has 6 nitrogen and oxygen atoms in total. The Morgan fingerprint density at radius 3 is 2.48 bits per heavy atom. The molecule has 2 aromatic carbocycles. The molecule has 3 N–H and O–H groups in total. The minimum Gasteiger partial charge on any atom is -0.335 e. The molecular formula is C18H17F2N5OS. The maximum Gasteiger partial charge on any atom is 0.237 e. The van der Waals surface area contributed by atoms with Crippen LogP contribution < -0.4 is 11.2 Å². The number of nitrogens with one attached hydrogen (secondary N) is 1. The van der Waals surface area contributed by atoms with Crippen LogP contribution in [0.2, 0.25) is 0 Å². The molecular weight excluding hydrogens is 372 g/mol. The lowest BCUT2D eigenvalue weighted by Gasteiger charge is -2.12. The summed E-state index contributed by atoms with van der Waals surface area (Å²) in [5.41, 5.74) is 1.32. The van der Waals surface area contributed by atoms with E-state index in [2.05, 4.69) is 15.5 Å². The average Bonchev–Trinajstić information content (AvgIpc) is 2.99. The van der Waals surface area contributed by atoms with E-state index in [1.54, 1.807) is 6.92 Å². The number of halogens is 2. The van der Waals surface area contributed by atoms with Gasteiger partial charge in [0.15, 0.2) is 5.82 Å². The largest absolute Gasteiger partial charge is 0.335 e. The normalized spacial score (nSPS) is 12.0. The van der Waals surface area contributed by atoms with Crippen LogP contribution in [0.3, 0.4) is 0 Å². The SMILES string of the molecule is Cc1ccccc1-c1nnc(S[C@@H](C)C(=O)Nc2c(F)cccc2F)n1N. The molecule has 0 unspecified atom stereocenters. The van der Waals surface area contributed by atoms with Gasteiger partial charge in [-0.1, -0.05) is 42.1 Å². The second-order valence-electron chi connectivity index (χ2n) is 5.84. The van der Waals surface area contributed by atoms with Crippen molar-refractivity contribution < 1.29 is 13.6 Å². The molecule has 0 aliphatic heterocycles. The number of nitrogen functional groups attached to an aromatic ring is 1. The lowest BCUT2D eigenvalue weighted by atomic mass is 10.1. The highest BCUT2D eigenvalue weighted by Gasteiger charge is 2.22. The highest BCUT2D eigenvalue weighted by molar-refractivity contribution is 8.00. The summed E-state index contributed by atoms with van der Waals surface area (Å²) in [6.45, 7) is 3.51. The van der Waals surface area contributed by atoms with Crippen molar-refractivity contribution in [1.29, 1.82) is 0 Å². The molecule has 9 heteroatoms. The number of carbonyl (C=O) groups excluding carboxylic acids is 1. The highest BCUT2D eigenvalue weighted by atomic mass is 32.2. The van der Waals surface area contributed by atoms with Crippen molar-refractivity contribution in [1.82, 2.24) is 14.9 Å². The Bertz CT molecular complexity index is 971. The topological polar surface area (TPSA) is 85.8 Å². The second kappa shape index (κ2) is 7.75. The number of para-hydroxylation sites is 1. The molecule has 0 saturated carbocycles. The quantitative estimate of drug-likeness (QED) is 0.516. The van der Waals surface area contributed by atoms with Crippen molar-refractivity contribution in [3.8, 4) is 11.4 Å². The zero-order chi connectivity index (χ0) is 19.6. The van der Waals surface area contributed by atoms with Crippen LogP contribution in [-0.4, -0.2) is 26.0 Å². The van der Waals surface area contributed by atoms with Crippen LogP contribution in [0.5, 0.6) is 0 Å². The van der Waals surface area contributed by atoms with Crippen LogP contribution >= 0.6 is 11.8 Å². The van der Waals surface area contributed by atoms with Gasteiger partial charge in [-0.25, -0.2) is 13.5 Å². The maximum atomic E-state index is 13.7. The van der Waals surface area contributed by atoms with Gasteiger partial charge in [0.25, 0.3) is 0 Å². The fourth-order valence-electron chi connectivity index (χ4n) is 2.42. The van der Waals surface area contributed by atoms with Gasteiger partial charge in [0, 0.05) is 5.56 Å². The third-order valence-corrected chi connectivity index (χ3v) is 4.97. The number of nitrogens with two attached hydrogens (primary N) is 1. The first kappa shape index (κ1) is 18.8. The molecule has 1 amide bonds. The molecule has 0 saturated heterocycles. The van der Waals surface area contributed by atoms with Gasteiger partial charge >= 0.3 is 0 Å². The highest BCUT2D eigenvalue weighted by Crippen LogP contribution is 2.27. The average molecular weight is 389 g/mol. The molecule has 140 valence electrons. The molecule has 0 aliphatic rings. The van der Waals surface area contributed by atoms with E-state index in [0.29, 0.717) is 11.0 Å². The summed E-state index contributed by atoms with van der Waals surface area (Å²) in [6, 6.07) is 10.9. The summed E-state index contributed by atoms with van der Waals surface area (Å²) in [5.74, 6) is 4.27. The Hall–Kier alpha value is -2.94. The van der Waals surface area contributed by atoms with Crippen LogP contribution in [0.1, 0.15) is 12.5 Å². The van der Waals surface area contributed by atoms with Crippen molar-refractivity contribution in [3.63, 3.8) is 0 Å². The van der Waals surface area contributed by atoms with E-state index in [9.17, 15) is 13.6 Å². The number of aryl methyl sites for hydroxylation is 1. The maximum absolute atomic E-state index is 13.7. The number of hydrogen-bond acceptors (Lipinski definition) is 5. The predicted molar refractivity (Wildman–Crippen MR) is 101 cm³/mol. The summed E-state index contributed by atoms with van der Waals surface area (Å²) < 4.78 is 28.7. The van der Waals surface area contributed by atoms with Crippen molar-refractivity contribution in [2.24, 2.45) is 0 Å². The molecule has 0 aliphatic carbocycles. The van der Waals surface area contributed by atoms with Crippen LogP contribution in [0.25, 0.3) is 11.4 Å². The van der Waals surface area contributed by atoms with Gasteiger partial charge in [0.05, 0.1) is 5.25 Å². The minimum absolute atomic E-state index is 0.310. The number of anilines is 1. The molecule has 3 aromatic rings. The first-order valence-electron chi connectivity index (χ1n) is 8.06. The van der Waals surface area contributed by atoms with Crippen molar-refractivity contribution >= 4 is 23.4 Å². The Labute approximate surface area is 158 Å². The standard InChI is InChI=1S/C18H17F2N5OS/c1-10-6-3-4-7-12(10)16-23-24-18(25(16)21)27-11(2)17(26)22-15-13(19)8-5-9-14(15)20/h3-9,11H,21H2,1-2H3,(H,22,26)/t11-/m0/s1. The summed E-state index contributed by atoms with van der Waals surface area (Å²) in [5, 5.41) is 9.97.